The summed E-state index contributed by atoms with van der Waals surface area (Å²) in [6, 6.07) is 7.99. The van der Waals surface area contributed by atoms with E-state index in [2.05, 4.69) is 6.92 Å². The lowest BCUT2D eigenvalue weighted by atomic mass is 9.94. The van der Waals surface area contributed by atoms with E-state index < -0.39 is 5.97 Å². The standard InChI is InChI=1S/C20H29NO4/c1-15(13-16-7-3-4-9-18(16)25-2)14-19(22)21-12-6-5-8-17(21)10-11-20(23)24/h3-4,7,9,15,17H,5-6,8,10-14H2,1-2H3,(H,23,24). The number of hydrogen-bond donors (Lipinski definition) is 1. The summed E-state index contributed by atoms with van der Waals surface area (Å²) in [6.07, 6.45) is 4.97. The third-order valence-electron chi connectivity index (χ3n) is 4.92. The van der Waals surface area contributed by atoms with Gasteiger partial charge in [0.15, 0.2) is 0 Å². The molecular weight excluding hydrogens is 318 g/mol. The number of carbonyl (C=O) groups excluding carboxylic acids is 1. The normalized spacial score (nSPS) is 18.6. The first-order valence-corrected chi connectivity index (χ1v) is 9.14. The van der Waals surface area contributed by atoms with E-state index in [-0.39, 0.29) is 24.3 Å². The number of methoxy groups -OCH3 is 1. The van der Waals surface area contributed by atoms with E-state index in [9.17, 15) is 9.59 Å². The number of carboxylic acids is 1. The first-order valence-electron chi connectivity index (χ1n) is 9.14. The molecule has 1 aromatic carbocycles. The first-order chi connectivity index (χ1) is 12.0. The number of aliphatic carboxylic acids is 1. The molecule has 1 aliphatic heterocycles. The zero-order valence-electron chi connectivity index (χ0n) is 15.2. The zero-order valence-corrected chi connectivity index (χ0v) is 15.2. The van der Waals surface area contributed by atoms with Gasteiger partial charge in [-0.05, 0) is 49.7 Å². The van der Waals surface area contributed by atoms with Crippen molar-refractivity contribution in [2.24, 2.45) is 5.92 Å². The van der Waals surface area contributed by atoms with E-state index in [4.69, 9.17) is 9.84 Å². The summed E-state index contributed by atoms with van der Waals surface area (Å²) in [6.45, 7) is 2.84. The van der Waals surface area contributed by atoms with Gasteiger partial charge in [-0.1, -0.05) is 25.1 Å². The fraction of sp³-hybridized carbons (Fsp3) is 0.600. The van der Waals surface area contributed by atoms with Gasteiger partial charge in [0.2, 0.25) is 5.91 Å². The number of piperidine rings is 1. The molecule has 5 heteroatoms. The van der Waals surface area contributed by atoms with E-state index >= 15 is 0 Å². The van der Waals surface area contributed by atoms with E-state index in [0.717, 1.165) is 43.5 Å². The molecular formula is C20H29NO4. The second-order valence-electron chi connectivity index (χ2n) is 6.99. The van der Waals surface area contributed by atoms with E-state index in [0.29, 0.717) is 12.8 Å². The zero-order chi connectivity index (χ0) is 18.2. The molecule has 2 rings (SSSR count). The molecule has 0 saturated carbocycles. The third kappa shape index (κ3) is 5.76. The van der Waals surface area contributed by atoms with Crippen LogP contribution in [0.4, 0.5) is 0 Å². The summed E-state index contributed by atoms with van der Waals surface area (Å²) in [5.41, 5.74) is 1.12. The maximum atomic E-state index is 12.8. The van der Waals surface area contributed by atoms with Gasteiger partial charge >= 0.3 is 5.97 Å². The van der Waals surface area contributed by atoms with Crippen LogP contribution in [0.3, 0.4) is 0 Å². The summed E-state index contributed by atoms with van der Waals surface area (Å²) in [7, 11) is 1.66. The minimum atomic E-state index is -0.789. The van der Waals surface area contributed by atoms with Gasteiger partial charge in [0.05, 0.1) is 7.11 Å². The summed E-state index contributed by atoms with van der Waals surface area (Å²) < 4.78 is 5.39. The molecule has 138 valence electrons. The highest BCUT2D eigenvalue weighted by molar-refractivity contribution is 5.77. The van der Waals surface area contributed by atoms with Gasteiger partial charge in [0, 0.05) is 25.4 Å². The van der Waals surface area contributed by atoms with Crippen LogP contribution >= 0.6 is 0 Å². The van der Waals surface area contributed by atoms with Crippen LogP contribution < -0.4 is 4.74 Å². The molecule has 0 aromatic heterocycles. The molecule has 0 bridgehead atoms. The molecule has 1 N–H and O–H groups in total. The van der Waals surface area contributed by atoms with Crippen LogP contribution in [-0.4, -0.2) is 41.6 Å². The lowest BCUT2D eigenvalue weighted by Gasteiger charge is -2.36. The minimum absolute atomic E-state index is 0.0795. The van der Waals surface area contributed by atoms with Gasteiger partial charge in [-0.2, -0.15) is 0 Å². The van der Waals surface area contributed by atoms with Gasteiger partial charge < -0.3 is 14.7 Å². The van der Waals surface area contributed by atoms with Gasteiger partial charge in [0.25, 0.3) is 0 Å². The van der Waals surface area contributed by atoms with Gasteiger partial charge in [0.1, 0.15) is 5.75 Å². The van der Waals surface area contributed by atoms with Crippen molar-refractivity contribution in [1.29, 1.82) is 0 Å². The fourth-order valence-corrected chi connectivity index (χ4v) is 3.65. The Labute approximate surface area is 150 Å². The van der Waals surface area contributed by atoms with E-state index in [1.807, 2.05) is 29.2 Å². The highest BCUT2D eigenvalue weighted by Gasteiger charge is 2.27. The number of likely N-dealkylation sites (tertiary alicyclic amines) is 1. The topological polar surface area (TPSA) is 66.8 Å². The summed E-state index contributed by atoms with van der Waals surface area (Å²) in [5.74, 6) is 0.435. The lowest BCUT2D eigenvalue weighted by molar-refractivity contribution is -0.140. The van der Waals surface area contributed by atoms with Crippen LogP contribution in [0.2, 0.25) is 0 Å². The molecule has 0 aliphatic carbocycles. The highest BCUT2D eigenvalue weighted by atomic mass is 16.5. The van der Waals surface area contributed by atoms with Crippen molar-refractivity contribution in [2.75, 3.05) is 13.7 Å². The van der Waals surface area contributed by atoms with Crippen molar-refractivity contribution in [2.45, 2.75) is 57.9 Å². The number of rotatable bonds is 8. The minimum Gasteiger partial charge on any atom is -0.496 e. The van der Waals surface area contributed by atoms with Gasteiger partial charge in [-0.15, -0.1) is 0 Å². The van der Waals surface area contributed by atoms with Crippen LogP contribution in [-0.2, 0) is 16.0 Å². The fourth-order valence-electron chi connectivity index (χ4n) is 3.65. The molecule has 5 nitrogen and oxygen atoms in total. The molecule has 25 heavy (non-hydrogen) atoms. The molecule has 1 aliphatic rings. The Hall–Kier alpha value is -2.04. The molecule has 1 fully saturated rings. The Kier molecular flexibility index (Phi) is 7.29. The number of amides is 1. The predicted molar refractivity (Wildman–Crippen MR) is 96.7 cm³/mol. The average molecular weight is 347 g/mol. The molecule has 0 radical (unpaired) electrons. The smallest absolute Gasteiger partial charge is 0.303 e. The van der Waals surface area contributed by atoms with Crippen molar-refractivity contribution in [3.05, 3.63) is 29.8 Å². The summed E-state index contributed by atoms with van der Waals surface area (Å²) >= 11 is 0. The Balaban J connectivity index is 1.93. The molecule has 1 aromatic rings. The predicted octanol–water partition coefficient (Wildman–Crippen LogP) is 3.51. The van der Waals surface area contributed by atoms with Crippen LogP contribution in [0, 0.1) is 5.92 Å². The third-order valence-corrected chi connectivity index (χ3v) is 4.92. The molecule has 2 atom stereocenters. The number of carbonyl (C=O) groups is 2. The number of hydrogen-bond acceptors (Lipinski definition) is 3. The lowest BCUT2D eigenvalue weighted by Crippen LogP contribution is -2.44. The van der Waals surface area contributed by atoms with E-state index in [1.165, 1.54) is 0 Å². The first kappa shape index (κ1) is 19.3. The van der Waals surface area contributed by atoms with Crippen LogP contribution in [0.1, 0.15) is 51.0 Å². The number of para-hydroxylation sites is 1. The van der Waals surface area contributed by atoms with Crippen LogP contribution in [0.25, 0.3) is 0 Å². The van der Waals surface area contributed by atoms with Crippen molar-refractivity contribution in [1.82, 2.24) is 4.90 Å². The Morgan fingerprint density at radius 1 is 1.32 bits per heavy atom. The number of nitrogens with zero attached hydrogens (tertiary/aromatic N) is 1. The summed E-state index contributed by atoms with van der Waals surface area (Å²) in [5, 5.41) is 8.91. The SMILES string of the molecule is COc1ccccc1CC(C)CC(=O)N1CCCCC1CCC(=O)O. The van der Waals surface area contributed by atoms with Crippen molar-refractivity contribution in [3.8, 4) is 5.75 Å². The van der Waals surface area contributed by atoms with Crippen LogP contribution in [0.5, 0.6) is 5.75 Å². The molecule has 1 amide bonds. The largest absolute Gasteiger partial charge is 0.496 e. The van der Waals surface area contributed by atoms with Crippen molar-refractivity contribution in [3.63, 3.8) is 0 Å². The van der Waals surface area contributed by atoms with Crippen molar-refractivity contribution >= 4 is 11.9 Å². The maximum Gasteiger partial charge on any atom is 0.303 e. The Morgan fingerprint density at radius 2 is 2.08 bits per heavy atom. The second-order valence-corrected chi connectivity index (χ2v) is 6.99. The quantitative estimate of drug-likeness (QED) is 0.781. The average Bonchev–Trinajstić information content (AvgIpc) is 2.60. The van der Waals surface area contributed by atoms with Gasteiger partial charge in [-0.3, -0.25) is 9.59 Å². The van der Waals surface area contributed by atoms with Crippen LogP contribution in [0.15, 0.2) is 24.3 Å². The Morgan fingerprint density at radius 3 is 2.80 bits per heavy atom. The van der Waals surface area contributed by atoms with Gasteiger partial charge in [-0.25, -0.2) is 0 Å². The van der Waals surface area contributed by atoms with Crippen molar-refractivity contribution < 1.29 is 19.4 Å². The maximum absolute atomic E-state index is 12.8. The number of benzene rings is 1. The number of carboxylic acid groups (broad SMARTS) is 1. The molecule has 1 heterocycles. The molecule has 2 unspecified atom stereocenters. The molecule has 0 spiro atoms. The Bertz CT molecular complexity index is 587. The molecule has 1 saturated heterocycles. The highest BCUT2D eigenvalue weighted by Crippen LogP contribution is 2.25. The number of ether oxygens (including phenoxy) is 1. The summed E-state index contributed by atoms with van der Waals surface area (Å²) in [4.78, 5) is 25.5. The van der Waals surface area contributed by atoms with E-state index in [1.54, 1.807) is 7.11 Å². The monoisotopic (exact) mass is 347 g/mol. The second kappa shape index (κ2) is 9.44.